The Kier molecular flexibility index (Phi) is 4.61. The maximum absolute atomic E-state index is 12.0. The van der Waals surface area contributed by atoms with Crippen molar-refractivity contribution in [3.63, 3.8) is 0 Å². The molecule has 0 aromatic heterocycles. The van der Waals surface area contributed by atoms with Crippen molar-refractivity contribution in [3.05, 3.63) is 29.5 Å². The Labute approximate surface area is 109 Å². The van der Waals surface area contributed by atoms with E-state index in [9.17, 15) is 10.3 Å². The number of phenols is 1. The van der Waals surface area contributed by atoms with Crippen LogP contribution in [0.4, 0.5) is 5.69 Å². The van der Waals surface area contributed by atoms with E-state index >= 15 is 0 Å². The molecule has 1 fully saturated rings. The molecule has 3 unspecified atom stereocenters. The molecule has 0 radical (unpaired) electrons. The summed E-state index contributed by atoms with van der Waals surface area (Å²) in [4.78, 5) is 0. The van der Waals surface area contributed by atoms with Crippen LogP contribution in [0.5, 0.6) is 5.75 Å². The van der Waals surface area contributed by atoms with Gasteiger partial charge in [0.25, 0.3) is 0 Å². The van der Waals surface area contributed by atoms with Crippen molar-refractivity contribution in [2.75, 3.05) is 6.54 Å². The molecule has 0 heterocycles. The highest BCUT2D eigenvalue weighted by molar-refractivity contribution is 5.34. The fourth-order valence-corrected chi connectivity index (χ4v) is 2.95. The minimum absolute atomic E-state index is 0.202. The van der Waals surface area contributed by atoms with Crippen molar-refractivity contribution in [3.8, 4) is 5.75 Å². The van der Waals surface area contributed by atoms with E-state index in [1.807, 2.05) is 0 Å². The van der Waals surface area contributed by atoms with Gasteiger partial charge in [0.1, 0.15) is 11.4 Å². The van der Waals surface area contributed by atoms with E-state index in [1.165, 1.54) is 25.7 Å². The van der Waals surface area contributed by atoms with Gasteiger partial charge in [-0.1, -0.05) is 26.2 Å². The Morgan fingerprint density at radius 1 is 1.28 bits per heavy atom. The van der Waals surface area contributed by atoms with Crippen LogP contribution in [0.25, 0.3) is 0 Å². The molecular formula is C15H23NO2. The highest BCUT2D eigenvalue weighted by Gasteiger charge is 2.19. The molecule has 0 amide bonds. The number of benzene rings is 1. The molecule has 1 saturated carbocycles. The van der Waals surface area contributed by atoms with Crippen molar-refractivity contribution in [2.24, 2.45) is 11.8 Å². The lowest BCUT2D eigenvalue weighted by molar-refractivity contribution is -0.777. The Hall–Kier alpha value is -1.06. The van der Waals surface area contributed by atoms with Crippen LogP contribution in [0.2, 0.25) is 0 Å². The van der Waals surface area contributed by atoms with Gasteiger partial charge >= 0.3 is 0 Å². The highest BCUT2D eigenvalue weighted by Crippen LogP contribution is 2.30. The monoisotopic (exact) mass is 249 g/mol. The average Bonchev–Trinajstić information content (AvgIpc) is 2.37. The van der Waals surface area contributed by atoms with E-state index in [0.29, 0.717) is 6.54 Å². The molecule has 1 aromatic carbocycles. The fourth-order valence-electron chi connectivity index (χ4n) is 2.95. The summed E-state index contributed by atoms with van der Waals surface area (Å²) in [6.45, 7) is 2.95. The SMILES string of the molecule is CC1CCCC(CC[NH+]([O-])c2ccc(O)cc2)C1. The number of quaternary nitrogens is 1. The molecule has 2 rings (SSSR count). The molecule has 3 heteroatoms. The molecule has 0 spiro atoms. The summed E-state index contributed by atoms with van der Waals surface area (Å²) in [6.07, 6.45) is 6.25. The summed E-state index contributed by atoms with van der Waals surface area (Å²) < 4.78 is 0. The van der Waals surface area contributed by atoms with Gasteiger partial charge in [0.2, 0.25) is 0 Å². The molecule has 1 aliphatic rings. The van der Waals surface area contributed by atoms with Gasteiger partial charge in [-0.2, -0.15) is 0 Å². The van der Waals surface area contributed by atoms with Crippen LogP contribution in [0.1, 0.15) is 39.0 Å². The van der Waals surface area contributed by atoms with E-state index in [1.54, 1.807) is 24.3 Å². The molecule has 0 saturated heterocycles. The molecule has 0 aliphatic heterocycles. The summed E-state index contributed by atoms with van der Waals surface area (Å²) in [5.41, 5.74) is 0.719. The minimum Gasteiger partial charge on any atom is -0.629 e. The fraction of sp³-hybridized carbons (Fsp3) is 0.600. The van der Waals surface area contributed by atoms with Gasteiger partial charge in [0.15, 0.2) is 0 Å². The van der Waals surface area contributed by atoms with Crippen LogP contribution in [0, 0.1) is 17.0 Å². The van der Waals surface area contributed by atoms with Crippen LogP contribution in [-0.4, -0.2) is 11.7 Å². The Balaban J connectivity index is 1.80. The molecule has 0 bridgehead atoms. The zero-order chi connectivity index (χ0) is 13.0. The van der Waals surface area contributed by atoms with Crippen LogP contribution >= 0.6 is 0 Å². The first-order chi connectivity index (χ1) is 8.65. The van der Waals surface area contributed by atoms with Crippen LogP contribution in [0.15, 0.2) is 24.3 Å². The molecular weight excluding hydrogens is 226 g/mol. The van der Waals surface area contributed by atoms with E-state index in [0.717, 1.165) is 23.9 Å². The van der Waals surface area contributed by atoms with Gasteiger partial charge < -0.3 is 15.4 Å². The van der Waals surface area contributed by atoms with Crippen molar-refractivity contribution in [1.29, 1.82) is 0 Å². The number of rotatable bonds is 4. The maximum Gasteiger partial charge on any atom is 0.131 e. The van der Waals surface area contributed by atoms with E-state index < -0.39 is 0 Å². The van der Waals surface area contributed by atoms with Crippen molar-refractivity contribution >= 4 is 5.69 Å². The molecule has 2 N–H and O–H groups in total. The standard InChI is InChI=1S/C15H23NO2/c1-12-3-2-4-13(11-12)9-10-16(18)14-5-7-15(17)8-6-14/h5-8,12-13,16-17H,2-4,9-11H2,1H3. The van der Waals surface area contributed by atoms with Gasteiger partial charge in [-0.05, 0) is 30.4 Å². The molecule has 18 heavy (non-hydrogen) atoms. The summed E-state index contributed by atoms with van der Waals surface area (Å²) in [6, 6.07) is 6.58. The average molecular weight is 249 g/mol. The van der Waals surface area contributed by atoms with Gasteiger partial charge in [-0.3, -0.25) is 0 Å². The largest absolute Gasteiger partial charge is 0.629 e. The topological polar surface area (TPSA) is 47.7 Å². The van der Waals surface area contributed by atoms with Gasteiger partial charge in [0, 0.05) is 18.6 Å². The van der Waals surface area contributed by atoms with Gasteiger partial charge in [-0.25, -0.2) is 0 Å². The summed E-state index contributed by atoms with van der Waals surface area (Å²) in [7, 11) is 0. The lowest BCUT2D eigenvalue weighted by Gasteiger charge is -2.29. The van der Waals surface area contributed by atoms with Crippen LogP contribution in [0.3, 0.4) is 0 Å². The van der Waals surface area contributed by atoms with E-state index in [4.69, 9.17) is 0 Å². The summed E-state index contributed by atoms with van der Waals surface area (Å²) in [5, 5.41) is 21.4. The molecule has 3 atom stereocenters. The second-order valence-corrected chi connectivity index (χ2v) is 5.65. The smallest absolute Gasteiger partial charge is 0.131 e. The van der Waals surface area contributed by atoms with E-state index in [-0.39, 0.29) is 10.8 Å². The first kappa shape index (κ1) is 13.4. The molecule has 1 aromatic rings. The van der Waals surface area contributed by atoms with Crippen molar-refractivity contribution in [2.45, 2.75) is 39.0 Å². The lowest BCUT2D eigenvalue weighted by Crippen LogP contribution is -3.02. The molecule has 100 valence electrons. The predicted molar refractivity (Wildman–Crippen MR) is 72.7 cm³/mol. The summed E-state index contributed by atoms with van der Waals surface area (Å²) >= 11 is 0. The predicted octanol–water partition coefficient (Wildman–Crippen LogP) is 2.62. The van der Waals surface area contributed by atoms with Crippen LogP contribution < -0.4 is 5.06 Å². The van der Waals surface area contributed by atoms with Gasteiger partial charge in [0.05, 0.1) is 6.54 Å². The first-order valence-electron chi connectivity index (χ1n) is 6.97. The molecule has 3 nitrogen and oxygen atoms in total. The summed E-state index contributed by atoms with van der Waals surface area (Å²) in [5.74, 6) is 1.77. The Morgan fingerprint density at radius 3 is 2.67 bits per heavy atom. The second-order valence-electron chi connectivity index (χ2n) is 5.65. The number of hydroxylamine groups is 1. The minimum atomic E-state index is 0.202. The number of phenolic OH excluding ortho intramolecular Hbond substituents is 1. The van der Waals surface area contributed by atoms with Crippen molar-refractivity contribution < 1.29 is 10.2 Å². The Bertz CT molecular complexity index is 363. The third-order valence-corrected chi connectivity index (χ3v) is 4.01. The quantitative estimate of drug-likeness (QED) is 0.636. The lowest BCUT2D eigenvalue weighted by atomic mass is 9.81. The Morgan fingerprint density at radius 2 is 2.00 bits per heavy atom. The highest BCUT2D eigenvalue weighted by atomic mass is 16.5. The number of hydrogen-bond donors (Lipinski definition) is 2. The number of hydrogen-bond acceptors (Lipinski definition) is 2. The first-order valence-corrected chi connectivity index (χ1v) is 6.97. The zero-order valence-corrected chi connectivity index (χ0v) is 11.1. The van der Waals surface area contributed by atoms with E-state index in [2.05, 4.69) is 6.92 Å². The third kappa shape index (κ3) is 3.72. The third-order valence-electron chi connectivity index (χ3n) is 4.01. The molecule has 1 aliphatic carbocycles. The number of aromatic hydroxyl groups is 1. The van der Waals surface area contributed by atoms with Gasteiger partial charge in [-0.15, -0.1) is 0 Å². The zero-order valence-electron chi connectivity index (χ0n) is 11.1. The maximum atomic E-state index is 12.0. The van der Waals surface area contributed by atoms with Crippen molar-refractivity contribution in [1.82, 2.24) is 0 Å². The number of nitrogens with one attached hydrogen (secondary N) is 1. The van der Waals surface area contributed by atoms with Crippen LogP contribution in [-0.2, 0) is 0 Å². The second kappa shape index (κ2) is 6.21. The normalized spacial score (nSPS) is 25.9.